The van der Waals surface area contributed by atoms with Crippen LogP contribution in [-0.2, 0) is 0 Å². The molecule has 0 bridgehead atoms. The fourth-order valence-corrected chi connectivity index (χ4v) is 2.54. The third-order valence-corrected chi connectivity index (χ3v) is 3.64. The molecule has 0 spiro atoms. The van der Waals surface area contributed by atoms with Gasteiger partial charge in [-0.2, -0.15) is 5.26 Å². The van der Waals surface area contributed by atoms with Crippen molar-refractivity contribution in [1.29, 1.82) is 5.26 Å². The van der Waals surface area contributed by atoms with Crippen molar-refractivity contribution in [3.8, 4) is 34.2 Å². The normalized spacial score (nSPS) is 10.1. The number of hydrogen-bond donors (Lipinski definition) is 2. The number of nitrogens with zero attached hydrogens (tertiary/aromatic N) is 2. The number of nitrogens with one attached hydrogen (secondary N) is 1. The van der Waals surface area contributed by atoms with Gasteiger partial charge in [-0.3, -0.25) is 4.98 Å². The lowest BCUT2D eigenvalue weighted by Gasteiger charge is -2.10. The third-order valence-electron chi connectivity index (χ3n) is 3.33. The molecule has 0 radical (unpaired) electrons. The van der Waals surface area contributed by atoms with Crippen LogP contribution < -0.4 is 0 Å². The van der Waals surface area contributed by atoms with E-state index < -0.39 is 0 Å². The van der Waals surface area contributed by atoms with Gasteiger partial charge in [0.1, 0.15) is 16.5 Å². The van der Waals surface area contributed by atoms with E-state index in [-0.39, 0.29) is 5.75 Å². The second-order valence-electron chi connectivity index (χ2n) is 4.67. The fraction of sp³-hybridized carbons (Fsp3) is 0. The summed E-state index contributed by atoms with van der Waals surface area (Å²) in [5.41, 5.74) is 3.20. The molecule has 4 nitrogen and oxygen atoms in total. The van der Waals surface area contributed by atoms with Crippen LogP contribution in [0.25, 0.3) is 22.4 Å². The smallest absolute Gasteiger partial charge is 0.123 e. The first-order valence-electron chi connectivity index (χ1n) is 6.57. The molecule has 0 saturated carbocycles. The Labute approximate surface area is 132 Å². The second-order valence-corrected chi connectivity index (χ2v) is 5.07. The molecule has 3 aromatic rings. The molecule has 0 aliphatic carbocycles. The Morgan fingerprint density at radius 3 is 2.50 bits per heavy atom. The number of aromatic amines is 1. The van der Waals surface area contributed by atoms with Crippen molar-refractivity contribution in [2.75, 3.05) is 0 Å². The number of aromatic nitrogens is 2. The summed E-state index contributed by atoms with van der Waals surface area (Å²) in [6, 6.07) is 14.5. The Kier molecular flexibility index (Phi) is 3.69. The van der Waals surface area contributed by atoms with Crippen LogP contribution in [0.15, 0.2) is 54.9 Å². The molecular formula is C17H11N3OS. The van der Waals surface area contributed by atoms with Crippen molar-refractivity contribution in [3.63, 3.8) is 0 Å². The van der Waals surface area contributed by atoms with Crippen molar-refractivity contribution in [2.24, 2.45) is 0 Å². The molecule has 0 unspecified atom stereocenters. The van der Waals surface area contributed by atoms with Gasteiger partial charge >= 0.3 is 0 Å². The molecule has 106 valence electrons. The molecule has 0 amide bonds. The number of rotatable bonds is 2. The molecular weight excluding hydrogens is 294 g/mol. The van der Waals surface area contributed by atoms with E-state index in [2.05, 4.69) is 16.0 Å². The molecule has 22 heavy (non-hydrogen) atoms. The van der Waals surface area contributed by atoms with Gasteiger partial charge < -0.3 is 10.1 Å². The molecule has 1 aromatic carbocycles. The third kappa shape index (κ3) is 2.48. The standard InChI is InChI=1S/C17H11N3OS/c18-10-14-13(12-3-1-2-4-16(12)21)9-15(20-17(14)22)11-5-7-19-8-6-11/h1-9,21H,(H,20,22). The Morgan fingerprint density at radius 1 is 1.09 bits per heavy atom. The lowest BCUT2D eigenvalue weighted by molar-refractivity contribution is 0.477. The summed E-state index contributed by atoms with van der Waals surface area (Å²) in [4.78, 5) is 7.05. The number of pyridine rings is 2. The summed E-state index contributed by atoms with van der Waals surface area (Å²) in [6.07, 6.45) is 3.37. The lowest BCUT2D eigenvalue weighted by atomic mass is 9.99. The van der Waals surface area contributed by atoms with E-state index in [0.717, 1.165) is 11.3 Å². The van der Waals surface area contributed by atoms with Crippen LogP contribution in [0.4, 0.5) is 0 Å². The molecule has 2 aromatic heterocycles. The SMILES string of the molecule is N#Cc1c(-c2ccccc2O)cc(-c2ccncc2)[nH]c1=S. The number of nitriles is 1. The van der Waals surface area contributed by atoms with Gasteiger partial charge in [0.15, 0.2) is 0 Å². The van der Waals surface area contributed by atoms with E-state index in [0.29, 0.717) is 21.3 Å². The molecule has 0 aliphatic heterocycles. The van der Waals surface area contributed by atoms with Crippen LogP contribution >= 0.6 is 12.2 Å². The largest absolute Gasteiger partial charge is 0.507 e. The van der Waals surface area contributed by atoms with Gasteiger partial charge in [-0.15, -0.1) is 0 Å². The first-order valence-corrected chi connectivity index (χ1v) is 6.97. The predicted molar refractivity (Wildman–Crippen MR) is 86.7 cm³/mol. The minimum atomic E-state index is 0.111. The quantitative estimate of drug-likeness (QED) is 0.701. The predicted octanol–water partition coefficient (Wildman–Crippen LogP) is 4.05. The number of phenols is 1. The molecule has 2 N–H and O–H groups in total. The first-order chi connectivity index (χ1) is 10.7. The molecule has 0 aliphatic rings. The minimum absolute atomic E-state index is 0.111. The van der Waals surface area contributed by atoms with Gasteiger partial charge in [0.05, 0.1) is 5.56 Å². The van der Waals surface area contributed by atoms with Crippen molar-refractivity contribution in [2.45, 2.75) is 0 Å². The minimum Gasteiger partial charge on any atom is -0.507 e. The van der Waals surface area contributed by atoms with Crippen molar-refractivity contribution in [1.82, 2.24) is 9.97 Å². The Balaban J connectivity index is 2.30. The number of H-pyrrole nitrogens is 1. The van der Waals surface area contributed by atoms with E-state index in [9.17, 15) is 10.4 Å². The van der Waals surface area contributed by atoms with E-state index in [1.54, 1.807) is 30.6 Å². The number of benzene rings is 1. The average molecular weight is 305 g/mol. The maximum absolute atomic E-state index is 10.1. The maximum atomic E-state index is 10.1. The number of para-hydroxylation sites is 1. The summed E-state index contributed by atoms with van der Waals surface area (Å²) in [6.45, 7) is 0. The summed E-state index contributed by atoms with van der Waals surface area (Å²) in [5, 5.41) is 19.5. The molecule has 0 atom stereocenters. The summed E-state index contributed by atoms with van der Waals surface area (Å²) in [5.74, 6) is 0.111. The van der Waals surface area contributed by atoms with Gasteiger partial charge in [-0.1, -0.05) is 30.4 Å². The highest BCUT2D eigenvalue weighted by Gasteiger charge is 2.13. The Bertz CT molecular complexity index is 927. The van der Waals surface area contributed by atoms with Crippen LogP contribution in [-0.4, -0.2) is 15.1 Å². The number of hydrogen-bond acceptors (Lipinski definition) is 4. The second kappa shape index (κ2) is 5.80. The summed E-state index contributed by atoms with van der Waals surface area (Å²) in [7, 11) is 0. The highest BCUT2D eigenvalue weighted by molar-refractivity contribution is 7.71. The number of aromatic hydroxyl groups is 1. The van der Waals surface area contributed by atoms with Gasteiger partial charge in [0.2, 0.25) is 0 Å². The zero-order valence-electron chi connectivity index (χ0n) is 11.4. The van der Waals surface area contributed by atoms with Crippen molar-refractivity contribution < 1.29 is 5.11 Å². The monoisotopic (exact) mass is 305 g/mol. The van der Waals surface area contributed by atoms with Crippen molar-refractivity contribution >= 4 is 12.2 Å². The Morgan fingerprint density at radius 2 is 1.82 bits per heavy atom. The van der Waals surface area contributed by atoms with Crippen molar-refractivity contribution in [3.05, 3.63) is 65.1 Å². The molecule has 0 saturated heterocycles. The molecule has 3 rings (SSSR count). The van der Waals surface area contributed by atoms with Gasteiger partial charge in [-0.25, -0.2) is 0 Å². The van der Waals surface area contributed by atoms with Crippen LogP contribution in [0.3, 0.4) is 0 Å². The highest BCUT2D eigenvalue weighted by atomic mass is 32.1. The summed E-state index contributed by atoms with van der Waals surface area (Å²) < 4.78 is 0.343. The maximum Gasteiger partial charge on any atom is 0.123 e. The molecule has 5 heteroatoms. The van der Waals surface area contributed by atoms with Crippen LogP contribution in [0, 0.1) is 16.0 Å². The van der Waals surface area contributed by atoms with E-state index >= 15 is 0 Å². The van der Waals surface area contributed by atoms with Crippen LogP contribution in [0.1, 0.15) is 5.56 Å². The zero-order valence-corrected chi connectivity index (χ0v) is 12.3. The average Bonchev–Trinajstić information content (AvgIpc) is 2.55. The highest BCUT2D eigenvalue weighted by Crippen LogP contribution is 2.33. The molecule has 2 heterocycles. The van der Waals surface area contributed by atoms with E-state index in [1.165, 1.54) is 0 Å². The summed E-state index contributed by atoms with van der Waals surface area (Å²) >= 11 is 5.29. The van der Waals surface area contributed by atoms with E-state index in [1.807, 2.05) is 24.3 Å². The van der Waals surface area contributed by atoms with Crippen LogP contribution in [0.2, 0.25) is 0 Å². The fourth-order valence-electron chi connectivity index (χ4n) is 2.27. The van der Waals surface area contributed by atoms with Crippen LogP contribution in [0.5, 0.6) is 5.75 Å². The Hall–Kier alpha value is -2.97. The molecule has 0 fully saturated rings. The lowest BCUT2D eigenvalue weighted by Crippen LogP contribution is -1.93. The van der Waals surface area contributed by atoms with Gasteiger partial charge in [0.25, 0.3) is 0 Å². The first kappa shape index (κ1) is 14.0. The number of phenolic OH excluding ortho intramolecular Hbond substituents is 1. The topological polar surface area (TPSA) is 72.7 Å². The van der Waals surface area contributed by atoms with Gasteiger partial charge in [0, 0.05) is 34.8 Å². The van der Waals surface area contributed by atoms with E-state index in [4.69, 9.17) is 12.2 Å². The zero-order chi connectivity index (χ0) is 15.5. The van der Waals surface area contributed by atoms with Gasteiger partial charge in [-0.05, 0) is 24.3 Å².